The molecule has 1 aromatic carbocycles. The summed E-state index contributed by atoms with van der Waals surface area (Å²) in [5.41, 5.74) is 5.45. The number of carboxylic acids is 1. The summed E-state index contributed by atoms with van der Waals surface area (Å²) in [6.45, 7) is 0. The maximum Gasteiger partial charge on any atom is 0.325 e. The minimum absolute atomic E-state index is 0.119. The van der Waals surface area contributed by atoms with Crippen LogP contribution in [0, 0.1) is 0 Å². The van der Waals surface area contributed by atoms with Crippen LogP contribution >= 0.6 is 27.5 Å². The zero-order valence-electron chi connectivity index (χ0n) is 6.87. The Hall–Kier alpha value is -0.780. The highest BCUT2D eigenvalue weighted by Crippen LogP contribution is 2.32. The SMILES string of the molecule is N[C@H](C(=O)O)c1cc(Br)c(Cl)cc1O. The van der Waals surface area contributed by atoms with Gasteiger partial charge in [0.15, 0.2) is 0 Å². The largest absolute Gasteiger partial charge is 0.508 e. The quantitative estimate of drug-likeness (QED) is 0.772. The molecule has 0 aliphatic rings. The van der Waals surface area contributed by atoms with Crippen LogP contribution in [0.5, 0.6) is 5.75 Å². The van der Waals surface area contributed by atoms with Gasteiger partial charge in [-0.25, -0.2) is 0 Å². The number of phenolic OH excluding ortho intramolecular Hbond substituents is 1. The Morgan fingerprint density at radius 3 is 2.64 bits per heavy atom. The third-order valence-corrected chi connectivity index (χ3v) is 2.87. The Labute approximate surface area is 93.4 Å². The third-order valence-electron chi connectivity index (χ3n) is 1.67. The molecule has 4 N–H and O–H groups in total. The highest BCUT2D eigenvalue weighted by Gasteiger charge is 2.19. The van der Waals surface area contributed by atoms with Gasteiger partial charge in [0.1, 0.15) is 11.8 Å². The summed E-state index contributed by atoms with van der Waals surface area (Å²) in [6, 6.07) is 1.36. The molecule has 1 atom stereocenters. The maximum absolute atomic E-state index is 10.6. The van der Waals surface area contributed by atoms with Crippen LogP contribution in [0.2, 0.25) is 5.02 Å². The van der Waals surface area contributed by atoms with Crippen LogP contribution in [-0.2, 0) is 4.79 Å². The van der Waals surface area contributed by atoms with Crippen LogP contribution in [0.1, 0.15) is 11.6 Å². The molecular weight excluding hydrogens is 273 g/mol. The molecule has 0 amide bonds. The predicted molar refractivity (Wildman–Crippen MR) is 55.4 cm³/mol. The molecule has 4 nitrogen and oxygen atoms in total. The van der Waals surface area contributed by atoms with Crippen molar-refractivity contribution in [3.63, 3.8) is 0 Å². The van der Waals surface area contributed by atoms with Gasteiger partial charge in [0.25, 0.3) is 0 Å². The van der Waals surface area contributed by atoms with Gasteiger partial charge in [-0.3, -0.25) is 4.79 Å². The van der Waals surface area contributed by atoms with Gasteiger partial charge < -0.3 is 15.9 Å². The van der Waals surface area contributed by atoms with Crippen LogP contribution in [0.4, 0.5) is 0 Å². The molecule has 14 heavy (non-hydrogen) atoms. The Morgan fingerprint density at radius 2 is 2.14 bits per heavy atom. The van der Waals surface area contributed by atoms with Crippen molar-refractivity contribution in [2.75, 3.05) is 0 Å². The van der Waals surface area contributed by atoms with Crippen molar-refractivity contribution in [2.45, 2.75) is 6.04 Å². The number of phenols is 1. The van der Waals surface area contributed by atoms with Crippen LogP contribution in [0.25, 0.3) is 0 Å². The molecule has 0 radical (unpaired) electrons. The number of rotatable bonds is 2. The molecule has 1 rings (SSSR count). The fraction of sp³-hybridized carbons (Fsp3) is 0.125. The standard InChI is InChI=1S/C8H7BrClNO3/c9-4-1-3(7(11)8(13)14)6(12)2-5(4)10/h1-2,7,12H,11H2,(H,13,14)/t7-/m0/s1. The number of hydrogen-bond donors (Lipinski definition) is 3. The predicted octanol–water partition coefficient (Wildman–Crippen LogP) is 1.89. The number of carbonyl (C=O) groups is 1. The fourth-order valence-electron chi connectivity index (χ4n) is 0.934. The molecule has 0 saturated heterocycles. The molecule has 0 spiro atoms. The first-order valence-corrected chi connectivity index (χ1v) is 4.77. The Morgan fingerprint density at radius 1 is 1.57 bits per heavy atom. The maximum atomic E-state index is 10.6. The number of halogens is 2. The number of aliphatic carboxylic acids is 1. The van der Waals surface area contributed by atoms with E-state index in [9.17, 15) is 9.90 Å². The smallest absolute Gasteiger partial charge is 0.325 e. The molecular formula is C8H7BrClNO3. The highest BCUT2D eigenvalue weighted by atomic mass is 79.9. The Bertz CT molecular complexity index is 383. The van der Waals surface area contributed by atoms with Crippen molar-refractivity contribution in [3.05, 3.63) is 27.2 Å². The van der Waals surface area contributed by atoms with E-state index in [0.29, 0.717) is 9.50 Å². The van der Waals surface area contributed by atoms with Crippen molar-refractivity contribution in [1.82, 2.24) is 0 Å². The first-order valence-electron chi connectivity index (χ1n) is 3.59. The van der Waals surface area contributed by atoms with E-state index in [-0.39, 0.29) is 11.3 Å². The molecule has 0 aliphatic heterocycles. The molecule has 1 aromatic rings. The van der Waals surface area contributed by atoms with Crippen molar-refractivity contribution in [1.29, 1.82) is 0 Å². The number of benzene rings is 1. The van der Waals surface area contributed by atoms with Crippen molar-refractivity contribution < 1.29 is 15.0 Å². The molecule has 0 unspecified atom stereocenters. The van der Waals surface area contributed by atoms with E-state index in [1.807, 2.05) is 0 Å². The number of nitrogens with two attached hydrogens (primary N) is 1. The van der Waals surface area contributed by atoms with Crippen LogP contribution in [0.3, 0.4) is 0 Å². The van der Waals surface area contributed by atoms with Gasteiger partial charge in [-0.05, 0) is 28.1 Å². The van der Waals surface area contributed by atoms with Gasteiger partial charge in [0, 0.05) is 10.0 Å². The van der Waals surface area contributed by atoms with Gasteiger partial charge in [0.05, 0.1) is 5.02 Å². The van der Waals surface area contributed by atoms with E-state index in [1.54, 1.807) is 0 Å². The van der Waals surface area contributed by atoms with E-state index < -0.39 is 12.0 Å². The lowest BCUT2D eigenvalue weighted by atomic mass is 10.1. The normalized spacial score (nSPS) is 12.5. The van der Waals surface area contributed by atoms with E-state index >= 15 is 0 Å². The number of aromatic hydroxyl groups is 1. The average molecular weight is 281 g/mol. The molecule has 0 heterocycles. The minimum Gasteiger partial charge on any atom is -0.508 e. The first kappa shape index (κ1) is 11.3. The summed E-state index contributed by atoms with van der Waals surface area (Å²) in [7, 11) is 0. The second-order valence-corrected chi connectivity index (χ2v) is 3.90. The summed E-state index contributed by atoms with van der Waals surface area (Å²) in [6.07, 6.45) is 0. The van der Waals surface area contributed by atoms with Crippen molar-refractivity contribution in [3.8, 4) is 5.75 Å². The molecule has 0 aromatic heterocycles. The summed E-state index contributed by atoms with van der Waals surface area (Å²) in [5.74, 6) is -1.44. The van der Waals surface area contributed by atoms with E-state index in [2.05, 4.69) is 15.9 Å². The fourth-order valence-corrected chi connectivity index (χ4v) is 1.45. The van der Waals surface area contributed by atoms with Gasteiger partial charge >= 0.3 is 5.97 Å². The summed E-state index contributed by atoms with van der Waals surface area (Å²) in [5, 5.41) is 18.3. The summed E-state index contributed by atoms with van der Waals surface area (Å²) in [4.78, 5) is 10.6. The monoisotopic (exact) mass is 279 g/mol. The molecule has 6 heteroatoms. The van der Waals surface area contributed by atoms with Crippen molar-refractivity contribution >= 4 is 33.5 Å². The van der Waals surface area contributed by atoms with Gasteiger partial charge in [0.2, 0.25) is 0 Å². The molecule has 0 bridgehead atoms. The highest BCUT2D eigenvalue weighted by molar-refractivity contribution is 9.10. The summed E-state index contributed by atoms with van der Waals surface area (Å²) < 4.78 is 0.490. The minimum atomic E-state index is -1.26. The number of carboxylic acid groups (broad SMARTS) is 1. The zero-order chi connectivity index (χ0) is 10.9. The molecule has 76 valence electrons. The van der Waals surface area contributed by atoms with Crippen LogP contribution in [0.15, 0.2) is 16.6 Å². The lowest BCUT2D eigenvalue weighted by molar-refractivity contribution is -0.138. The van der Waals surface area contributed by atoms with E-state index in [1.165, 1.54) is 12.1 Å². The van der Waals surface area contributed by atoms with E-state index in [4.69, 9.17) is 22.4 Å². The summed E-state index contributed by atoms with van der Waals surface area (Å²) >= 11 is 8.78. The number of hydrogen-bond acceptors (Lipinski definition) is 3. The van der Waals surface area contributed by atoms with Crippen LogP contribution < -0.4 is 5.73 Å². The zero-order valence-corrected chi connectivity index (χ0v) is 9.21. The topological polar surface area (TPSA) is 83.6 Å². The second-order valence-electron chi connectivity index (χ2n) is 2.64. The van der Waals surface area contributed by atoms with Gasteiger partial charge in [-0.2, -0.15) is 0 Å². The van der Waals surface area contributed by atoms with Crippen molar-refractivity contribution in [2.24, 2.45) is 5.73 Å². The average Bonchev–Trinajstić information content (AvgIpc) is 2.10. The first-order chi connectivity index (χ1) is 6.43. The molecule has 0 saturated carbocycles. The third kappa shape index (κ3) is 2.17. The Kier molecular flexibility index (Phi) is 3.36. The van der Waals surface area contributed by atoms with Gasteiger partial charge in [-0.1, -0.05) is 11.6 Å². The van der Waals surface area contributed by atoms with E-state index in [0.717, 1.165) is 0 Å². The lowest BCUT2D eigenvalue weighted by Gasteiger charge is -2.10. The Balaban J connectivity index is 3.22. The molecule has 0 fully saturated rings. The second kappa shape index (κ2) is 4.16. The lowest BCUT2D eigenvalue weighted by Crippen LogP contribution is -2.20. The van der Waals surface area contributed by atoms with Crippen LogP contribution in [-0.4, -0.2) is 16.2 Å². The van der Waals surface area contributed by atoms with Gasteiger partial charge in [-0.15, -0.1) is 0 Å². The molecule has 0 aliphatic carbocycles.